The van der Waals surface area contributed by atoms with E-state index in [2.05, 4.69) is 24.4 Å². The predicted molar refractivity (Wildman–Crippen MR) is 80.9 cm³/mol. The van der Waals surface area contributed by atoms with Gasteiger partial charge in [-0.1, -0.05) is 31.2 Å². The largest absolute Gasteiger partial charge is 0.378 e. The number of nitro groups is 1. The minimum absolute atomic E-state index is 0.0269. The first kappa shape index (κ1) is 15.0. The molecule has 0 aliphatic carbocycles. The number of anilines is 1. The van der Waals surface area contributed by atoms with Gasteiger partial charge in [-0.2, -0.15) is 4.39 Å². The molecule has 110 valence electrons. The number of hydrogen-bond donors (Lipinski definition) is 1. The number of rotatable bonds is 5. The molecule has 0 aliphatic heterocycles. The first-order valence-electron chi connectivity index (χ1n) is 6.80. The number of halogens is 1. The second kappa shape index (κ2) is 6.35. The molecule has 2 aromatic rings. The maximum absolute atomic E-state index is 13.3. The van der Waals surface area contributed by atoms with E-state index in [9.17, 15) is 14.5 Å². The van der Waals surface area contributed by atoms with Crippen molar-refractivity contribution in [2.45, 2.75) is 26.3 Å². The van der Waals surface area contributed by atoms with Gasteiger partial charge in [-0.25, -0.2) is 0 Å². The van der Waals surface area contributed by atoms with Crippen molar-refractivity contribution < 1.29 is 9.31 Å². The maximum Gasteiger partial charge on any atom is 0.306 e. The van der Waals surface area contributed by atoms with Crippen molar-refractivity contribution in [3.8, 4) is 0 Å². The second-order valence-electron chi connectivity index (χ2n) is 4.88. The number of aryl methyl sites for hydroxylation is 1. The Kier molecular flexibility index (Phi) is 4.52. The first-order chi connectivity index (χ1) is 10.0. The highest BCUT2D eigenvalue weighted by Crippen LogP contribution is 2.25. The summed E-state index contributed by atoms with van der Waals surface area (Å²) in [7, 11) is 0. The van der Waals surface area contributed by atoms with Crippen LogP contribution in [0.3, 0.4) is 0 Å². The van der Waals surface area contributed by atoms with Crippen LogP contribution in [-0.4, -0.2) is 4.92 Å². The molecule has 5 heteroatoms. The van der Waals surface area contributed by atoms with Gasteiger partial charge < -0.3 is 5.32 Å². The van der Waals surface area contributed by atoms with Crippen molar-refractivity contribution in [3.05, 3.63) is 69.5 Å². The highest BCUT2D eigenvalue weighted by molar-refractivity contribution is 5.53. The van der Waals surface area contributed by atoms with E-state index in [1.807, 2.05) is 19.1 Å². The lowest BCUT2D eigenvalue weighted by Crippen LogP contribution is -2.07. The van der Waals surface area contributed by atoms with Gasteiger partial charge in [0, 0.05) is 17.8 Å². The van der Waals surface area contributed by atoms with Gasteiger partial charge >= 0.3 is 5.69 Å². The lowest BCUT2D eigenvalue weighted by molar-refractivity contribution is -0.387. The summed E-state index contributed by atoms with van der Waals surface area (Å²) in [6.07, 6.45) is 0.978. The average molecular weight is 288 g/mol. The van der Waals surface area contributed by atoms with Crippen LogP contribution >= 0.6 is 0 Å². The van der Waals surface area contributed by atoms with Crippen LogP contribution in [-0.2, 0) is 6.42 Å². The van der Waals surface area contributed by atoms with E-state index >= 15 is 0 Å². The van der Waals surface area contributed by atoms with Crippen molar-refractivity contribution in [3.63, 3.8) is 0 Å². The van der Waals surface area contributed by atoms with Gasteiger partial charge in [0.15, 0.2) is 0 Å². The van der Waals surface area contributed by atoms with Crippen LogP contribution in [0.25, 0.3) is 0 Å². The minimum Gasteiger partial charge on any atom is -0.378 e. The third-order valence-corrected chi connectivity index (χ3v) is 3.41. The molecule has 1 atom stereocenters. The third-order valence-electron chi connectivity index (χ3n) is 3.41. The lowest BCUT2D eigenvalue weighted by Gasteiger charge is -2.16. The molecule has 0 saturated heterocycles. The maximum atomic E-state index is 13.3. The van der Waals surface area contributed by atoms with Gasteiger partial charge in [0.1, 0.15) is 0 Å². The molecule has 2 rings (SSSR count). The molecule has 0 bridgehead atoms. The molecule has 0 spiro atoms. The zero-order chi connectivity index (χ0) is 15.4. The van der Waals surface area contributed by atoms with Gasteiger partial charge in [0.25, 0.3) is 0 Å². The Bertz CT molecular complexity index is 641. The highest BCUT2D eigenvalue weighted by Gasteiger charge is 2.15. The predicted octanol–water partition coefficient (Wildman–Crippen LogP) is 4.47. The smallest absolute Gasteiger partial charge is 0.306 e. The Morgan fingerprint density at radius 3 is 2.48 bits per heavy atom. The Morgan fingerprint density at radius 2 is 1.90 bits per heavy atom. The summed E-state index contributed by atoms with van der Waals surface area (Å²) in [5.74, 6) is -0.828. The van der Waals surface area contributed by atoms with E-state index < -0.39 is 16.4 Å². The standard InChI is InChI=1S/C16H17FN2O2/c1-3-12-4-6-13(7-5-12)11(2)18-14-8-9-15(17)16(10-14)19(20)21/h4-11,18H,3H2,1-2H3. The fraction of sp³-hybridized carbons (Fsp3) is 0.250. The summed E-state index contributed by atoms with van der Waals surface area (Å²) in [6.45, 7) is 4.05. The SMILES string of the molecule is CCc1ccc(C(C)Nc2ccc(F)c([N+](=O)[O-])c2)cc1. The molecule has 0 radical (unpaired) electrons. The molecule has 4 nitrogen and oxygen atoms in total. The van der Waals surface area contributed by atoms with Gasteiger partial charge in [-0.15, -0.1) is 0 Å². The first-order valence-corrected chi connectivity index (χ1v) is 6.80. The van der Waals surface area contributed by atoms with E-state index in [0.717, 1.165) is 18.1 Å². The van der Waals surface area contributed by atoms with Gasteiger partial charge in [0.2, 0.25) is 5.82 Å². The van der Waals surface area contributed by atoms with Crippen LogP contribution in [0.1, 0.15) is 31.0 Å². The van der Waals surface area contributed by atoms with Crippen molar-refractivity contribution >= 4 is 11.4 Å². The van der Waals surface area contributed by atoms with E-state index in [4.69, 9.17) is 0 Å². The topological polar surface area (TPSA) is 55.2 Å². The summed E-state index contributed by atoms with van der Waals surface area (Å²) >= 11 is 0. The molecule has 0 saturated carbocycles. The van der Waals surface area contributed by atoms with Crippen molar-refractivity contribution in [1.29, 1.82) is 0 Å². The van der Waals surface area contributed by atoms with Gasteiger partial charge in [0.05, 0.1) is 4.92 Å². The number of nitrogens with one attached hydrogen (secondary N) is 1. The molecule has 0 amide bonds. The van der Waals surface area contributed by atoms with Crippen molar-refractivity contribution in [2.24, 2.45) is 0 Å². The Balaban J connectivity index is 2.16. The van der Waals surface area contributed by atoms with Crippen molar-refractivity contribution in [2.75, 3.05) is 5.32 Å². The van der Waals surface area contributed by atoms with E-state index in [-0.39, 0.29) is 6.04 Å². The van der Waals surface area contributed by atoms with E-state index in [0.29, 0.717) is 5.69 Å². The van der Waals surface area contributed by atoms with Crippen LogP contribution in [0.4, 0.5) is 15.8 Å². The average Bonchev–Trinajstić information content (AvgIpc) is 2.49. The molecule has 0 aliphatic rings. The monoisotopic (exact) mass is 288 g/mol. The summed E-state index contributed by atoms with van der Waals surface area (Å²) in [4.78, 5) is 10.0. The van der Waals surface area contributed by atoms with Crippen LogP contribution in [0.15, 0.2) is 42.5 Å². The third kappa shape index (κ3) is 3.56. The minimum atomic E-state index is -0.828. The molecule has 21 heavy (non-hydrogen) atoms. The van der Waals surface area contributed by atoms with Crippen LogP contribution in [0.2, 0.25) is 0 Å². The number of benzene rings is 2. The zero-order valence-electron chi connectivity index (χ0n) is 12.0. The van der Waals surface area contributed by atoms with Crippen LogP contribution in [0, 0.1) is 15.9 Å². The molecular formula is C16H17FN2O2. The number of nitro benzene ring substituents is 1. The van der Waals surface area contributed by atoms with Crippen molar-refractivity contribution in [1.82, 2.24) is 0 Å². The molecule has 1 unspecified atom stereocenters. The van der Waals surface area contributed by atoms with E-state index in [1.54, 1.807) is 0 Å². The number of hydrogen-bond acceptors (Lipinski definition) is 3. The molecule has 2 aromatic carbocycles. The van der Waals surface area contributed by atoms with Gasteiger partial charge in [-0.3, -0.25) is 10.1 Å². The normalized spacial score (nSPS) is 12.0. The molecule has 0 heterocycles. The number of nitrogens with zero attached hydrogens (tertiary/aromatic N) is 1. The summed E-state index contributed by atoms with van der Waals surface area (Å²) in [5, 5.41) is 13.9. The second-order valence-corrected chi connectivity index (χ2v) is 4.88. The Hall–Kier alpha value is -2.43. The molecule has 0 aromatic heterocycles. The molecular weight excluding hydrogens is 271 g/mol. The van der Waals surface area contributed by atoms with Crippen LogP contribution in [0.5, 0.6) is 0 Å². The summed E-state index contributed by atoms with van der Waals surface area (Å²) in [6, 6.07) is 11.9. The fourth-order valence-corrected chi connectivity index (χ4v) is 2.12. The fourth-order valence-electron chi connectivity index (χ4n) is 2.12. The summed E-state index contributed by atoms with van der Waals surface area (Å²) in [5.41, 5.74) is 2.33. The zero-order valence-corrected chi connectivity index (χ0v) is 12.0. The molecule has 1 N–H and O–H groups in total. The quantitative estimate of drug-likeness (QED) is 0.652. The highest BCUT2D eigenvalue weighted by atomic mass is 19.1. The lowest BCUT2D eigenvalue weighted by atomic mass is 10.0. The van der Waals surface area contributed by atoms with E-state index in [1.165, 1.54) is 17.7 Å². The molecule has 0 fully saturated rings. The Morgan fingerprint density at radius 1 is 1.24 bits per heavy atom. The van der Waals surface area contributed by atoms with Crippen LogP contribution < -0.4 is 5.32 Å². The Labute approximate surface area is 122 Å². The van der Waals surface area contributed by atoms with Gasteiger partial charge in [-0.05, 0) is 36.6 Å². The summed E-state index contributed by atoms with van der Waals surface area (Å²) < 4.78 is 13.3.